The Kier molecular flexibility index (Phi) is 6.72. The zero-order valence-electron chi connectivity index (χ0n) is 17.3. The van der Waals surface area contributed by atoms with Crippen LogP contribution in [-0.2, 0) is 17.9 Å². The van der Waals surface area contributed by atoms with Crippen LogP contribution in [0.4, 0.5) is 5.82 Å². The number of nitrogen functional groups attached to an aromatic ring is 1. The molecule has 4 rings (SSSR count). The molecular weight excluding hydrogens is 551 g/mol. The number of nitrogens with two attached hydrogens (primary N) is 1. The zero-order chi connectivity index (χ0) is 22.2. The Balaban J connectivity index is 1.58. The molecule has 9 nitrogen and oxygen atoms in total. The van der Waals surface area contributed by atoms with E-state index in [1.165, 1.54) is 18.1 Å². The molecule has 1 aliphatic rings. The highest BCUT2D eigenvalue weighted by molar-refractivity contribution is 14.1. The first-order valence-corrected chi connectivity index (χ1v) is 12.7. The first-order valence-electron chi connectivity index (χ1n) is 9.63. The maximum absolute atomic E-state index is 12.2. The summed E-state index contributed by atoms with van der Waals surface area (Å²) in [6.45, 7) is 7.32. The van der Waals surface area contributed by atoms with Crippen LogP contribution in [0.25, 0.3) is 11.2 Å². The number of aromatic nitrogens is 4. The van der Waals surface area contributed by atoms with Gasteiger partial charge in [0.1, 0.15) is 11.1 Å². The normalized spacial score (nSPS) is 14.4. The van der Waals surface area contributed by atoms with E-state index in [0.29, 0.717) is 30.1 Å². The molecule has 1 aromatic carbocycles. The number of nitrogens with one attached hydrogen (secondary N) is 1. The monoisotopic (exact) mass is 574 g/mol. The van der Waals surface area contributed by atoms with Crippen molar-refractivity contribution in [3.05, 3.63) is 22.0 Å². The minimum absolute atomic E-state index is 0.229. The summed E-state index contributed by atoms with van der Waals surface area (Å²) in [5.74, 6) is 1.81. The first kappa shape index (κ1) is 22.7. The molecule has 0 amide bonds. The third kappa shape index (κ3) is 4.97. The third-order valence-corrected chi connectivity index (χ3v) is 8.39. The number of hydrogen-bond acceptors (Lipinski definition) is 9. The first-order chi connectivity index (χ1) is 14.7. The number of imidazole rings is 1. The summed E-state index contributed by atoms with van der Waals surface area (Å²) in [6.07, 6.45) is 2.20. The van der Waals surface area contributed by atoms with Crippen LogP contribution in [0.1, 0.15) is 27.2 Å². The second kappa shape index (κ2) is 9.17. The summed E-state index contributed by atoms with van der Waals surface area (Å²) in [7, 11) is 0. The molecule has 3 aromatic rings. The van der Waals surface area contributed by atoms with Gasteiger partial charge in [-0.3, -0.25) is 0 Å². The molecule has 166 valence electrons. The van der Waals surface area contributed by atoms with Gasteiger partial charge in [0, 0.05) is 32.9 Å². The van der Waals surface area contributed by atoms with Crippen molar-refractivity contribution in [3.8, 4) is 11.5 Å². The molecule has 2 aromatic heterocycles. The van der Waals surface area contributed by atoms with Crippen LogP contribution in [0, 0.1) is 3.57 Å². The molecule has 1 aliphatic heterocycles. The average molecular weight is 574 g/mol. The second-order valence-corrected chi connectivity index (χ2v) is 12.1. The molecule has 1 unspecified atom stereocenters. The fraction of sp³-hybridized carbons (Fsp3) is 0.421. The van der Waals surface area contributed by atoms with E-state index in [-0.39, 0.29) is 11.5 Å². The molecule has 0 aliphatic carbocycles. The minimum atomic E-state index is -1.11. The van der Waals surface area contributed by atoms with E-state index in [1.807, 2.05) is 37.5 Å². The van der Waals surface area contributed by atoms with Crippen molar-refractivity contribution in [1.82, 2.24) is 24.2 Å². The van der Waals surface area contributed by atoms with Gasteiger partial charge in [0.05, 0.1) is 0 Å². The van der Waals surface area contributed by atoms with Crippen LogP contribution in [-0.4, -0.2) is 42.2 Å². The molecule has 0 saturated heterocycles. The highest BCUT2D eigenvalue weighted by Gasteiger charge is 2.26. The van der Waals surface area contributed by atoms with Gasteiger partial charge in [0.2, 0.25) is 6.79 Å². The highest BCUT2D eigenvalue weighted by Crippen LogP contribution is 2.41. The summed E-state index contributed by atoms with van der Waals surface area (Å²) in [5.41, 5.74) is 7.31. The van der Waals surface area contributed by atoms with E-state index in [2.05, 4.69) is 37.3 Å². The highest BCUT2D eigenvalue weighted by atomic mass is 127. The largest absolute Gasteiger partial charge is 0.598 e. The minimum Gasteiger partial charge on any atom is -0.598 e. The summed E-state index contributed by atoms with van der Waals surface area (Å²) in [5, 5.41) is 0.760. The van der Waals surface area contributed by atoms with Gasteiger partial charge in [0.25, 0.3) is 0 Å². The molecule has 0 bridgehead atoms. The van der Waals surface area contributed by atoms with E-state index in [4.69, 9.17) is 20.2 Å². The predicted octanol–water partition coefficient (Wildman–Crippen LogP) is 3.33. The van der Waals surface area contributed by atoms with Gasteiger partial charge in [-0.05, 0) is 61.9 Å². The fourth-order valence-electron chi connectivity index (χ4n) is 2.91. The van der Waals surface area contributed by atoms with Crippen molar-refractivity contribution >= 4 is 62.7 Å². The molecule has 3 heterocycles. The lowest BCUT2D eigenvalue weighted by molar-refractivity contribution is 0.174. The third-order valence-electron chi connectivity index (χ3n) is 4.50. The van der Waals surface area contributed by atoms with Crippen LogP contribution >= 0.6 is 34.4 Å². The Bertz CT molecular complexity index is 1100. The molecule has 0 fully saturated rings. The Morgan fingerprint density at radius 2 is 2.03 bits per heavy atom. The molecule has 0 spiro atoms. The van der Waals surface area contributed by atoms with E-state index in [1.54, 1.807) is 0 Å². The van der Waals surface area contributed by atoms with E-state index in [9.17, 15) is 4.55 Å². The number of halogens is 1. The quantitative estimate of drug-likeness (QED) is 0.249. The number of aryl methyl sites for hydroxylation is 1. The van der Waals surface area contributed by atoms with Crippen LogP contribution in [0.15, 0.2) is 28.5 Å². The van der Waals surface area contributed by atoms with Crippen LogP contribution in [0.2, 0.25) is 0 Å². The Labute approximate surface area is 201 Å². The molecule has 1 atom stereocenters. The summed E-state index contributed by atoms with van der Waals surface area (Å²) < 4.78 is 29.1. The number of anilines is 1. The SMILES string of the molecule is CC(C)(C)[S+]([O-])NCCCn1c(Sc2cc3c(cc2I)OCO3)nc2c(N)ncnc21. The standard InChI is InChI=1S/C19H23IN6O3S2/c1-19(2,3)31(27)24-5-4-6-26-17-15(16(21)22-9-23-17)25-18(26)30-14-8-13-12(7-11(14)20)28-10-29-13/h7-9,24H,4-6,10H2,1-3H3,(H2,21,22,23). The van der Waals surface area contributed by atoms with Gasteiger partial charge in [-0.25, -0.2) is 15.0 Å². The Morgan fingerprint density at radius 3 is 2.77 bits per heavy atom. The maximum Gasteiger partial charge on any atom is 0.231 e. The Hall–Kier alpha value is -1.48. The summed E-state index contributed by atoms with van der Waals surface area (Å²) in [4.78, 5) is 14.2. The van der Waals surface area contributed by atoms with Gasteiger partial charge < -0.3 is 24.3 Å². The predicted molar refractivity (Wildman–Crippen MR) is 130 cm³/mol. The lowest BCUT2D eigenvalue weighted by Gasteiger charge is -2.23. The van der Waals surface area contributed by atoms with Gasteiger partial charge >= 0.3 is 0 Å². The topological polar surface area (TPSA) is 123 Å². The molecule has 0 saturated carbocycles. The van der Waals surface area contributed by atoms with Crippen LogP contribution < -0.4 is 19.9 Å². The second-order valence-electron chi connectivity index (χ2n) is 7.84. The molecular formula is C19H23IN6O3S2. The number of hydrogen-bond donors (Lipinski definition) is 2. The smallest absolute Gasteiger partial charge is 0.231 e. The molecule has 3 N–H and O–H groups in total. The maximum atomic E-state index is 12.2. The summed E-state index contributed by atoms with van der Waals surface area (Å²) >= 11 is 2.68. The van der Waals surface area contributed by atoms with Gasteiger partial charge in [-0.1, -0.05) is 11.8 Å². The lowest BCUT2D eigenvalue weighted by Crippen LogP contribution is -2.39. The van der Waals surface area contributed by atoms with Gasteiger partial charge in [-0.15, -0.1) is 4.72 Å². The molecule has 12 heteroatoms. The van der Waals surface area contributed by atoms with Crippen LogP contribution in [0.3, 0.4) is 0 Å². The number of ether oxygens (including phenoxy) is 2. The van der Waals surface area contributed by atoms with Crippen molar-refractivity contribution in [2.24, 2.45) is 0 Å². The van der Waals surface area contributed by atoms with Crippen molar-refractivity contribution in [2.75, 3.05) is 19.1 Å². The zero-order valence-corrected chi connectivity index (χ0v) is 21.1. The summed E-state index contributed by atoms with van der Waals surface area (Å²) in [6, 6.07) is 3.92. The van der Waals surface area contributed by atoms with E-state index in [0.717, 1.165) is 31.5 Å². The van der Waals surface area contributed by atoms with Crippen molar-refractivity contribution in [2.45, 2.75) is 48.5 Å². The van der Waals surface area contributed by atoms with E-state index >= 15 is 0 Å². The number of benzene rings is 1. The van der Waals surface area contributed by atoms with E-state index < -0.39 is 11.4 Å². The molecule has 31 heavy (non-hydrogen) atoms. The number of nitrogens with zero attached hydrogens (tertiary/aromatic N) is 4. The Morgan fingerprint density at radius 1 is 1.29 bits per heavy atom. The van der Waals surface area contributed by atoms with Crippen molar-refractivity contribution < 1.29 is 14.0 Å². The molecule has 0 radical (unpaired) electrons. The number of rotatable bonds is 7. The number of fused-ring (bicyclic) bond motifs is 2. The van der Waals surface area contributed by atoms with Gasteiger partial charge in [0.15, 0.2) is 33.6 Å². The van der Waals surface area contributed by atoms with Crippen molar-refractivity contribution in [1.29, 1.82) is 0 Å². The van der Waals surface area contributed by atoms with Crippen LogP contribution in [0.5, 0.6) is 11.5 Å². The lowest BCUT2D eigenvalue weighted by atomic mass is 10.3. The van der Waals surface area contributed by atoms with Crippen molar-refractivity contribution in [3.63, 3.8) is 0 Å². The van der Waals surface area contributed by atoms with Gasteiger partial charge in [-0.2, -0.15) is 0 Å². The fourth-order valence-corrected chi connectivity index (χ4v) is 5.38. The average Bonchev–Trinajstić information content (AvgIpc) is 3.29.